The second-order valence-corrected chi connectivity index (χ2v) is 9.08. The maximum absolute atomic E-state index is 13.3. The summed E-state index contributed by atoms with van der Waals surface area (Å²) < 4.78 is 5.30. The van der Waals surface area contributed by atoms with Crippen LogP contribution in [0.5, 0.6) is 5.75 Å². The van der Waals surface area contributed by atoms with Gasteiger partial charge in [-0.25, -0.2) is 4.79 Å². The summed E-state index contributed by atoms with van der Waals surface area (Å²) in [6.07, 6.45) is 0. The number of nitrogens with one attached hydrogen (secondary N) is 1. The molecule has 0 unspecified atom stereocenters. The minimum Gasteiger partial charge on any atom is -0.497 e. The van der Waals surface area contributed by atoms with E-state index in [1.165, 1.54) is 0 Å². The highest BCUT2D eigenvalue weighted by Gasteiger charge is 2.49. The van der Waals surface area contributed by atoms with E-state index in [0.717, 1.165) is 27.1 Å². The number of fused-ring (bicyclic) bond motifs is 1. The van der Waals surface area contributed by atoms with Crippen LogP contribution in [-0.2, 0) is 15.1 Å². The smallest absolute Gasteiger partial charge is 0.325 e. The molecule has 1 N–H and O–H groups in total. The first-order valence-electron chi connectivity index (χ1n) is 11.7. The van der Waals surface area contributed by atoms with Gasteiger partial charge in [0, 0.05) is 37.9 Å². The van der Waals surface area contributed by atoms with E-state index < -0.39 is 17.5 Å². The summed E-state index contributed by atoms with van der Waals surface area (Å²) in [5.41, 5.74) is 0.514. The number of rotatable bonds is 5. The van der Waals surface area contributed by atoms with Crippen LogP contribution in [0.25, 0.3) is 10.8 Å². The maximum Gasteiger partial charge on any atom is 0.325 e. The molecule has 1 atom stereocenters. The van der Waals surface area contributed by atoms with Crippen molar-refractivity contribution in [3.05, 3.63) is 72.3 Å². The Morgan fingerprint density at radius 1 is 0.943 bits per heavy atom. The van der Waals surface area contributed by atoms with E-state index in [4.69, 9.17) is 4.74 Å². The number of anilines is 1. The fourth-order valence-electron chi connectivity index (χ4n) is 4.79. The van der Waals surface area contributed by atoms with Gasteiger partial charge in [-0.2, -0.15) is 0 Å². The van der Waals surface area contributed by atoms with E-state index in [2.05, 4.69) is 10.2 Å². The zero-order valence-electron chi connectivity index (χ0n) is 19.9. The van der Waals surface area contributed by atoms with Crippen molar-refractivity contribution in [2.45, 2.75) is 12.5 Å². The number of carbonyl (C=O) groups is 3. The van der Waals surface area contributed by atoms with Crippen molar-refractivity contribution < 1.29 is 19.1 Å². The highest BCUT2D eigenvalue weighted by molar-refractivity contribution is 6.09. The Bertz CT molecular complexity index is 1300. The van der Waals surface area contributed by atoms with Crippen molar-refractivity contribution in [2.75, 3.05) is 44.7 Å². The molecule has 0 bridgehead atoms. The molecule has 0 spiro atoms. The van der Waals surface area contributed by atoms with Gasteiger partial charge in [0.1, 0.15) is 17.8 Å². The molecule has 2 fully saturated rings. The first-order valence-corrected chi connectivity index (χ1v) is 11.7. The minimum absolute atomic E-state index is 0.235. The Morgan fingerprint density at radius 2 is 1.69 bits per heavy atom. The third kappa shape index (κ3) is 4.16. The average Bonchev–Trinajstić information content (AvgIpc) is 3.12. The Balaban J connectivity index is 1.25. The summed E-state index contributed by atoms with van der Waals surface area (Å²) in [7, 11) is 1.64. The van der Waals surface area contributed by atoms with Crippen LogP contribution >= 0.6 is 0 Å². The van der Waals surface area contributed by atoms with Gasteiger partial charge in [-0.1, -0.05) is 42.5 Å². The Labute approximate surface area is 204 Å². The van der Waals surface area contributed by atoms with Gasteiger partial charge in [0.15, 0.2) is 0 Å². The van der Waals surface area contributed by atoms with Crippen molar-refractivity contribution >= 4 is 34.3 Å². The Kier molecular flexibility index (Phi) is 5.80. The second kappa shape index (κ2) is 8.94. The molecular weight excluding hydrogens is 444 g/mol. The van der Waals surface area contributed by atoms with Gasteiger partial charge in [-0.15, -0.1) is 0 Å². The van der Waals surface area contributed by atoms with E-state index in [1.54, 1.807) is 18.9 Å². The van der Waals surface area contributed by atoms with Gasteiger partial charge in [0.25, 0.3) is 5.91 Å². The number of hydrogen-bond donors (Lipinski definition) is 1. The molecule has 2 aliphatic rings. The fraction of sp³-hybridized carbons (Fsp3) is 0.296. The van der Waals surface area contributed by atoms with E-state index in [1.807, 2.05) is 66.7 Å². The van der Waals surface area contributed by atoms with Gasteiger partial charge < -0.3 is 19.9 Å². The molecule has 3 aromatic rings. The normalized spacial score (nSPS) is 20.3. The third-order valence-corrected chi connectivity index (χ3v) is 6.95. The molecule has 0 aromatic heterocycles. The number of urea groups is 1. The molecule has 2 heterocycles. The van der Waals surface area contributed by atoms with Crippen LogP contribution in [0, 0.1) is 0 Å². The number of methoxy groups -OCH3 is 1. The van der Waals surface area contributed by atoms with E-state index in [9.17, 15) is 14.4 Å². The van der Waals surface area contributed by atoms with Crippen LogP contribution in [0.1, 0.15) is 12.5 Å². The fourth-order valence-corrected chi connectivity index (χ4v) is 4.79. The van der Waals surface area contributed by atoms with Crippen LogP contribution in [0.4, 0.5) is 10.5 Å². The molecule has 3 aromatic carbocycles. The van der Waals surface area contributed by atoms with Crippen LogP contribution in [0.15, 0.2) is 66.7 Å². The number of benzene rings is 3. The van der Waals surface area contributed by atoms with Crippen molar-refractivity contribution in [1.82, 2.24) is 15.1 Å². The number of nitrogens with zero attached hydrogens (tertiary/aromatic N) is 3. The highest BCUT2D eigenvalue weighted by atomic mass is 16.5. The summed E-state index contributed by atoms with van der Waals surface area (Å²) in [4.78, 5) is 44.1. The predicted octanol–water partition coefficient (Wildman–Crippen LogP) is 2.96. The van der Waals surface area contributed by atoms with Crippen LogP contribution in [-0.4, -0.2) is 67.5 Å². The van der Waals surface area contributed by atoms with Crippen molar-refractivity contribution in [3.8, 4) is 5.75 Å². The molecule has 0 aliphatic carbocycles. The maximum atomic E-state index is 13.3. The van der Waals surface area contributed by atoms with Gasteiger partial charge in [-0.05, 0) is 41.5 Å². The van der Waals surface area contributed by atoms with E-state index >= 15 is 0 Å². The average molecular weight is 473 g/mol. The summed E-state index contributed by atoms with van der Waals surface area (Å²) in [6, 6.07) is 20.8. The third-order valence-electron chi connectivity index (χ3n) is 6.95. The first kappa shape index (κ1) is 22.7. The number of hydrogen-bond acceptors (Lipinski definition) is 5. The Hall–Kier alpha value is -4.07. The first-order chi connectivity index (χ1) is 16.9. The van der Waals surface area contributed by atoms with Crippen LogP contribution in [0.3, 0.4) is 0 Å². The standard InChI is InChI=1S/C27H28N4O4/c1-27(21-11-10-19-6-3-4-7-20(19)16-21)25(33)31(26(34)28-27)18-24(32)30-14-12-29(13-15-30)22-8-5-9-23(17-22)35-2/h3-11,16-17H,12-15,18H2,1-2H3,(H,28,34)/t27-/m0/s1. The van der Waals surface area contributed by atoms with Gasteiger partial charge in [0.05, 0.1) is 7.11 Å². The molecule has 180 valence electrons. The lowest BCUT2D eigenvalue weighted by Crippen LogP contribution is -2.52. The summed E-state index contributed by atoms with van der Waals surface area (Å²) >= 11 is 0. The summed E-state index contributed by atoms with van der Waals surface area (Å²) in [6.45, 7) is 3.77. The largest absolute Gasteiger partial charge is 0.497 e. The van der Waals surface area contributed by atoms with Gasteiger partial charge in [-0.3, -0.25) is 14.5 Å². The molecule has 5 rings (SSSR count). The highest BCUT2D eigenvalue weighted by Crippen LogP contribution is 2.31. The molecule has 8 nitrogen and oxygen atoms in total. The molecule has 0 saturated carbocycles. The molecule has 8 heteroatoms. The lowest BCUT2D eigenvalue weighted by molar-refractivity contribution is -0.139. The molecule has 4 amide bonds. The van der Waals surface area contributed by atoms with Crippen molar-refractivity contribution in [2.24, 2.45) is 0 Å². The lowest BCUT2D eigenvalue weighted by Gasteiger charge is -2.36. The van der Waals surface area contributed by atoms with Crippen molar-refractivity contribution in [3.63, 3.8) is 0 Å². The SMILES string of the molecule is COc1cccc(N2CCN(C(=O)CN3C(=O)N[C@@](C)(c4ccc5ccccc5c4)C3=O)CC2)c1. The number of ether oxygens (including phenoxy) is 1. The zero-order chi connectivity index (χ0) is 24.6. The topological polar surface area (TPSA) is 82.2 Å². The zero-order valence-corrected chi connectivity index (χ0v) is 19.9. The predicted molar refractivity (Wildman–Crippen MR) is 133 cm³/mol. The molecule has 2 aliphatic heterocycles. The van der Waals surface area contributed by atoms with Crippen molar-refractivity contribution in [1.29, 1.82) is 0 Å². The molecular formula is C27H28N4O4. The van der Waals surface area contributed by atoms with Crippen LogP contribution < -0.4 is 15.0 Å². The van der Waals surface area contributed by atoms with Gasteiger partial charge >= 0.3 is 6.03 Å². The van der Waals surface area contributed by atoms with Crippen LogP contribution in [0.2, 0.25) is 0 Å². The van der Waals surface area contributed by atoms with E-state index in [-0.39, 0.29) is 12.5 Å². The number of carbonyl (C=O) groups excluding carboxylic acids is 3. The summed E-state index contributed by atoms with van der Waals surface area (Å²) in [5.74, 6) is 0.136. The quantitative estimate of drug-likeness (QED) is 0.578. The number of amides is 4. The minimum atomic E-state index is -1.22. The lowest BCUT2D eigenvalue weighted by atomic mass is 9.90. The number of imide groups is 1. The Morgan fingerprint density at radius 3 is 2.43 bits per heavy atom. The van der Waals surface area contributed by atoms with E-state index in [0.29, 0.717) is 31.7 Å². The summed E-state index contributed by atoms with van der Waals surface area (Å²) in [5, 5.41) is 4.84. The molecule has 35 heavy (non-hydrogen) atoms. The molecule has 2 saturated heterocycles. The molecule has 0 radical (unpaired) electrons. The number of piperazine rings is 1. The van der Waals surface area contributed by atoms with Gasteiger partial charge in [0.2, 0.25) is 5.91 Å². The second-order valence-electron chi connectivity index (χ2n) is 9.08. The monoisotopic (exact) mass is 472 g/mol.